The van der Waals surface area contributed by atoms with Crippen LogP contribution in [0.1, 0.15) is 43.5 Å². The molecule has 2 rings (SSSR count). The first-order valence-electron chi connectivity index (χ1n) is 8.50. The Balaban J connectivity index is 1.82. The number of carbonyl (C=O) groups excluding carboxylic acids is 2. The maximum atomic E-state index is 12.1. The van der Waals surface area contributed by atoms with Crippen LogP contribution < -0.4 is 10.2 Å². The van der Waals surface area contributed by atoms with Crippen molar-refractivity contribution in [1.82, 2.24) is 10.2 Å². The van der Waals surface area contributed by atoms with Crippen molar-refractivity contribution in [3.8, 4) is 0 Å². The van der Waals surface area contributed by atoms with Gasteiger partial charge in [-0.05, 0) is 25.5 Å². The van der Waals surface area contributed by atoms with Crippen molar-refractivity contribution in [2.75, 3.05) is 37.6 Å². The van der Waals surface area contributed by atoms with Gasteiger partial charge in [0.25, 0.3) is 0 Å². The number of carbonyl (C=O) groups is 2. The summed E-state index contributed by atoms with van der Waals surface area (Å²) in [7, 11) is 0. The lowest BCUT2D eigenvalue weighted by molar-refractivity contribution is 0.101. The molecule has 0 unspecified atom stereocenters. The highest BCUT2D eigenvalue weighted by atomic mass is 16.2. The van der Waals surface area contributed by atoms with Gasteiger partial charge in [0.1, 0.15) is 0 Å². The zero-order valence-corrected chi connectivity index (χ0v) is 14.2. The summed E-state index contributed by atoms with van der Waals surface area (Å²) in [5, 5.41) is 2.99. The third kappa shape index (κ3) is 4.98. The Morgan fingerprint density at radius 3 is 2.52 bits per heavy atom. The first-order valence-corrected chi connectivity index (χ1v) is 8.50. The van der Waals surface area contributed by atoms with Gasteiger partial charge in [-0.2, -0.15) is 0 Å². The Labute approximate surface area is 138 Å². The van der Waals surface area contributed by atoms with Crippen molar-refractivity contribution < 1.29 is 9.59 Å². The van der Waals surface area contributed by atoms with Gasteiger partial charge in [-0.15, -0.1) is 0 Å². The summed E-state index contributed by atoms with van der Waals surface area (Å²) in [5.74, 6) is 0.0805. The Kier molecular flexibility index (Phi) is 6.44. The molecule has 1 aromatic rings. The number of amides is 2. The van der Waals surface area contributed by atoms with E-state index in [1.165, 1.54) is 0 Å². The van der Waals surface area contributed by atoms with Crippen LogP contribution in [0.2, 0.25) is 0 Å². The third-order valence-electron chi connectivity index (χ3n) is 4.24. The summed E-state index contributed by atoms with van der Waals surface area (Å²) in [4.78, 5) is 27.7. The van der Waals surface area contributed by atoms with Crippen molar-refractivity contribution in [1.29, 1.82) is 0 Å². The molecule has 0 atom stereocenters. The van der Waals surface area contributed by atoms with E-state index in [-0.39, 0.29) is 11.8 Å². The minimum absolute atomic E-state index is 0.0400. The summed E-state index contributed by atoms with van der Waals surface area (Å²) in [6.07, 6.45) is 3.36. The highest BCUT2D eigenvalue weighted by Crippen LogP contribution is 2.18. The van der Waals surface area contributed by atoms with E-state index in [2.05, 4.69) is 17.1 Å². The van der Waals surface area contributed by atoms with Crippen LogP contribution in [0.25, 0.3) is 0 Å². The molecule has 5 nitrogen and oxygen atoms in total. The number of urea groups is 1. The van der Waals surface area contributed by atoms with Gasteiger partial charge in [0.05, 0.1) is 0 Å². The first kappa shape index (κ1) is 17.3. The van der Waals surface area contributed by atoms with E-state index in [0.29, 0.717) is 13.1 Å². The van der Waals surface area contributed by atoms with E-state index in [1.54, 1.807) is 6.92 Å². The summed E-state index contributed by atoms with van der Waals surface area (Å²) in [6, 6.07) is 7.75. The van der Waals surface area contributed by atoms with E-state index in [4.69, 9.17) is 0 Å². The zero-order chi connectivity index (χ0) is 16.7. The van der Waals surface area contributed by atoms with Crippen molar-refractivity contribution in [2.45, 2.75) is 33.1 Å². The maximum absolute atomic E-state index is 12.1. The zero-order valence-electron chi connectivity index (χ0n) is 14.2. The molecular weight excluding hydrogens is 290 g/mol. The third-order valence-corrected chi connectivity index (χ3v) is 4.24. The summed E-state index contributed by atoms with van der Waals surface area (Å²) < 4.78 is 0. The number of hydrogen-bond donors (Lipinski definition) is 1. The maximum Gasteiger partial charge on any atom is 0.317 e. The molecule has 1 fully saturated rings. The molecule has 0 radical (unpaired) electrons. The molecule has 0 saturated carbocycles. The second-order valence-electron chi connectivity index (χ2n) is 6.02. The van der Waals surface area contributed by atoms with Gasteiger partial charge >= 0.3 is 6.03 Å². The monoisotopic (exact) mass is 317 g/mol. The smallest absolute Gasteiger partial charge is 0.317 e. The molecule has 1 N–H and O–H groups in total. The molecule has 1 heterocycles. The number of piperazine rings is 1. The van der Waals surface area contributed by atoms with Crippen LogP contribution in [0.3, 0.4) is 0 Å². The van der Waals surface area contributed by atoms with Crippen molar-refractivity contribution >= 4 is 17.5 Å². The standard InChI is InChI=1S/C18H27N3O2/c1-3-4-5-9-19-18(23)21-12-10-20(11-13-21)17-8-6-7-16(14-17)15(2)22/h6-8,14H,3-5,9-13H2,1-2H3,(H,19,23). The fourth-order valence-electron chi connectivity index (χ4n) is 2.77. The van der Waals surface area contributed by atoms with Crippen LogP contribution in [0, 0.1) is 0 Å². The fourth-order valence-corrected chi connectivity index (χ4v) is 2.77. The number of nitrogens with one attached hydrogen (secondary N) is 1. The molecule has 1 aliphatic rings. The average molecular weight is 317 g/mol. The molecule has 0 spiro atoms. The summed E-state index contributed by atoms with van der Waals surface area (Å²) in [5.41, 5.74) is 1.79. The number of anilines is 1. The number of nitrogens with zero attached hydrogens (tertiary/aromatic N) is 2. The molecule has 126 valence electrons. The normalized spacial score (nSPS) is 14.7. The molecule has 0 aromatic heterocycles. The Morgan fingerprint density at radius 1 is 1.13 bits per heavy atom. The van der Waals surface area contributed by atoms with Gasteiger partial charge in [0.15, 0.2) is 5.78 Å². The van der Waals surface area contributed by atoms with E-state index >= 15 is 0 Å². The second kappa shape index (κ2) is 8.56. The largest absolute Gasteiger partial charge is 0.368 e. The Morgan fingerprint density at radius 2 is 1.87 bits per heavy atom. The quantitative estimate of drug-likeness (QED) is 0.648. The predicted molar refractivity (Wildman–Crippen MR) is 93.2 cm³/mol. The number of unbranched alkanes of at least 4 members (excludes halogenated alkanes) is 2. The van der Waals surface area contributed by atoms with Crippen LogP contribution in [-0.4, -0.2) is 49.4 Å². The fraction of sp³-hybridized carbons (Fsp3) is 0.556. The molecule has 0 aliphatic carbocycles. The number of rotatable bonds is 6. The average Bonchev–Trinajstić information content (AvgIpc) is 2.59. The molecule has 1 aliphatic heterocycles. The van der Waals surface area contributed by atoms with E-state index in [0.717, 1.165) is 50.1 Å². The molecule has 1 saturated heterocycles. The number of ketones is 1. The number of benzene rings is 1. The Bertz CT molecular complexity index is 537. The minimum Gasteiger partial charge on any atom is -0.368 e. The van der Waals surface area contributed by atoms with Gasteiger partial charge in [0.2, 0.25) is 0 Å². The molecule has 0 bridgehead atoms. The lowest BCUT2D eigenvalue weighted by atomic mass is 10.1. The van der Waals surface area contributed by atoms with Crippen LogP contribution >= 0.6 is 0 Å². The van der Waals surface area contributed by atoms with Crippen LogP contribution in [-0.2, 0) is 0 Å². The van der Waals surface area contributed by atoms with Crippen molar-refractivity contribution in [2.24, 2.45) is 0 Å². The first-order chi connectivity index (χ1) is 11.1. The van der Waals surface area contributed by atoms with Crippen LogP contribution in [0.15, 0.2) is 24.3 Å². The highest BCUT2D eigenvalue weighted by molar-refractivity contribution is 5.95. The predicted octanol–water partition coefficient (Wildman–Crippen LogP) is 2.91. The lowest BCUT2D eigenvalue weighted by Crippen LogP contribution is -2.52. The highest BCUT2D eigenvalue weighted by Gasteiger charge is 2.21. The van der Waals surface area contributed by atoms with Crippen molar-refractivity contribution in [3.05, 3.63) is 29.8 Å². The summed E-state index contributed by atoms with van der Waals surface area (Å²) >= 11 is 0. The number of hydrogen-bond acceptors (Lipinski definition) is 3. The van der Waals surface area contributed by atoms with E-state index in [1.807, 2.05) is 29.2 Å². The summed E-state index contributed by atoms with van der Waals surface area (Å²) in [6.45, 7) is 7.51. The molecule has 2 amide bonds. The minimum atomic E-state index is 0.0400. The van der Waals surface area contributed by atoms with Gasteiger partial charge in [-0.1, -0.05) is 31.9 Å². The second-order valence-corrected chi connectivity index (χ2v) is 6.02. The van der Waals surface area contributed by atoms with Gasteiger partial charge in [0, 0.05) is 44.0 Å². The molecule has 23 heavy (non-hydrogen) atoms. The lowest BCUT2D eigenvalue weighted by Gasteiger charge is -2.36. The van der Waals surface area contributed by atoms with Gasteiger partial charge < -0.3 is 15.1 Å². The topological polar surface area (TPSA) is 52.7 Å². The SMILES string of the molecule is CCCCCNC(=O)N1CCN(c2cccc(C(C)=O)c2)CC1. The van der Waals surface area contributed by atoms with E-state index in [9.17, 15) is 9.59 Å². The van der Waals surface area contributed by atoms with Crippen LogP contribution in [0.4, 0.5) is 10.5 Å². The Hall–Kier alpha value is -2.04. The number of Topliss-reactive ketones (excluding diaryl/α,β-unsaturated/α-hetero) is 1. The molecular formula is C18H27N3O2. The van der Waals surface area contributed by atoms with Gasteiger partial charge in [-0.25, -0.2) is 4.79 Å². The van der Waals surface area contributed by atoms with E-state index < -0.39 is 0 Å². The molecule has 1 aromatic carbocycles. The van der Waals surface area contributed by atoms with Crippen molar-refractivity contribution in [3.63, 3.8) is 0 Å². The van der Waals surface area contributed by atoms with Crippen LogP contribution in [0.5, 0.6) is 0 Å². The molecule has 5 heteroatoms. The van der Waals surface area contributed by atoms with Gasteiger partial charge in [-0.3, -0.25) is 4.79 Å².